The summed E-state index contributed by atoms with van der Waals surface area (Å²) in [5, 5.41) is 0. The van der Waals surface area contributed by atoms with Crippen LogP contribution in [-0.2, 0) is 16.2 Å². The Balaban J connectivity index is 1.20. The Morgan fingerprint density at radius 3 is 1.53 bits per heavy atom. The van der Waals surface area contributed by atoms with E-state index in [4.69, 9.17) is 0 Å². The molecule has 0 amide bonds. The molecule has 0 radical (unpaired) electrons. The zero-order valence-corrected chi connectivity index (χ0v) is 43.4. The molecule has 0 aromatic heterocycles. The number of para-hydroxylation sites is 2. The minimum Gasteiger partial charge on any atom is -0.311 e. The van der Waals surface area contributed by atoms with Crippen LogP contribution >= 0.6 is 0 Å². The fourth-order valence-electron chi connectivity index (χ4n) is 12.2. The van der Waals surface area contributed by atoms with Gasteiger partial charge in [-0.25, -0.2) is 0 Å². The molecule has 0 N–H and O–H groups in total. The van der Waals surface area contributed by atoms with Crippen LogP contribution in [0.1, 0.15) is 89.1 Å². The molecule has 4 heteroatoms. The SMILES string of the molecule is Cc1cc2c3c(c1)N(c1ccc(C(C)(C)C)cc1-c1ccccc1)c1ccc(N(c4ccccc4)c4ccccc4)cc1B3c1cc3c(cc1N2c1ccc(-c2ccccc2)cc1C)C(C)(C)CCC3(C)C. The van der Waals surface area contributed by atoms with Crippen LogP contribution in [0.25, 0.3) is 22.3 Å². The summed E-state index contributed by atoms with van der Waals surface area (Å²) < 4.78 is 0. The van der Waals surface area contributed by atoms with Crippen LogP contribution in [0.3, 0.4) is 0 Å². The number of hydrogen-bond acceptors (Lipinski definition) is 3. The lowest BCUT2D eigenvalue weighted by atomic mass is 9.33. The van der Waals surface area contributed by atoms with Gasteiger partial charge in [-0.05, 0) is 189 Å². The van der Waals surface area contributed by atoms with E-state index in [0.717, 1.165) is 29.9 Å². The molecule has 0 unspecified atom stereocenters. The first-order chi connectivity index (χ1) is 34.7. The Labute approximate surface area is 428 Å². The van der Waals surface area contributed by atoms with E-state index in [9.17, 15) is 0 Å². The first-order valence-corrected chi connectivity index (χ1v) is 26.0. The van der Waals surface area contributed by atoms with Crippen molar-refractivity contribution in [2.24, 2.45) is 0 Å². The average Bonchev–Trinajstić information content (AvgIpc) is 3.38. The van der Waals surface area contributed by atoms with Crippen LogP contribution in [0.5, 0.6) is 0 Å². The van der Waals surface area contributed by atoms with E-state index < -0.39 is 0 Å². The third-order valence-corrected chi connectivity index (χ3v) is 16.2. The highest BCUT2D eigenvalue weighted by Gasteiger charge is 2.47. The van der Waals surface area contributed by atoms with E-state index in [1.165, 1.54) is 101 Å². The fourth-order valence-corrected chi connectivity index (χ4v) is 12.2. The topological polar surface area (TPSA) is 9.72 Å². The van der Waals surface area contributed by atoms with Crippen molar-refractivity contribution in [3.8, 4) is 22.3 Å². The van der Waals surface area contributed by atoms with Crippen molar-refractivity contribution >= 4 is 74.3 Å². The average molecular weight is 934 g/mol. The second-order valence-corrected chi connectivity index (χ2v) is 23.0. The van der Waals surface area contributed by atoms with Gasteiger partial charge in [-0.1, -0.05) is 164 Å². The van der Waals surface area contributed by atoms with Gasteiger partial charge in [-0.3, -0.25) is 0 Å². The van der Waals surface area contributed by atoms with Gasteiger partial charge in [0, 0.05) is 51.1 Å². The predicted octanol–water partition coefficient (Wildman–Crippen LogP) is 16.8. The molecular weight excluding hydrogens is 870 g/mol. The Hall–Kier alpha value is -7.56. The van der Waals surface area contributed by atoms with Gasteiger partial charge in [-0.15, -0.1) is 0 Å². The summed E-state index contributed by atoms with van der Waals surface area (Å²) in [7, 11) is 0. The van der Waals surface area contributed by atoms with E-state index in [2.05, 4.69) is 277 Å². The molecule has 0 saturated carbocycles. The maximum absolute atomic E-state index is 2.66. The van der Waals surface area contributed by atoms with Gasteiger partial charge in [-0.2, -0.15) is 0 Å². The molecule has 2 heterocycles. The van der Waals surface area contributed by atoms with Crippen LogP contribution in [0.2, 0.25) is 0 Å². The van der Waals surface area contributed by atoms with Gasteiger partial charge in [0.05, 0.1) is 5.69 Å². The molecule has 72 heavy (non-hydrogen) atoms. The Morgan fingerprint density at radius 1 is 0.431 bits per heavy atom. The maximum atomic E-state index is 2.66. The molecule has 12 rings (SSSR count). The minimum absolute atomic E-state index is 0.0104. The van der Waals surface area contributed by atoms with Crippen molar-refractivity contribution in [3.05, 3.63) is 228 Å². The summed E-state index contributed by atoms with van der Waals surface area (Å²) in [6.07, 6.45) is 2.29. The van der Waals surface area contributed by atoms with Gasteiger partial charge in [0.1, 0.15) is 0 Å². The number of rotatable bonds is 7. The highest BCUT2D eigenvalue weighted by Crippen LogP contribution is 2.52. The maximum Gasteiger partial charge on any atom is 0.252 e. The van der Waals surface area contributed by atoms with Gasteiger partial charge >= 0.3 is 0 Å². The standard InChI is InChI=1S/C68H64BN3/c1-45-38-63-65-64(39-45)72(60-34-31-50(66(3,4)5)41-54(60)48-24-16-11-17-25-48)61-35-32-53(70(51-26-18-12-19-27-51)52-28-20-13-21-29-52)42-57(61)69(65)58-43-55-56(68(8,9)37-36-67(55,6)7)44-62(58)71(63)59-33-30-49(40-46(59)2)47-22-14-10-15-23-47/h10-35,38-44H,36-37H2,1-9H3. The van der Waals surface area contributed by atoms with Crippen molar-refractivity contribution in [3.63, 3.8) is 0 Å². The number of benzene rings is 9. The molecule has 0 atom stereocenters. The number of hydrogen-bond donors (Lipinski definition) is 0. The highest BCUT2D eigenvalue weighted by molar-refractivity contribution is 7.00. The third-order valence-electron chi connectivity index (χ3n) is 16.2. The zero-order chi connectivity index (χ0) is 49.7. The lowest BCUT2D eigenvalue weighted by molar-refractivity contribution is 0.332. The van der Waals surface area contributed by atoms with Crippen LogP contribution in [0.4, 0.5) is 51.2 Å². The lowest BCUT2D eigenvalue weighted by Crippen LogP contribution is -2.62. The molecule has 3 nitrogen and oxygen atoms in total. The summed E-state index contributed by atoms with van der Waals surface area (Å²) in [6.45, 7) is 21.4. The molecular formula is C68H64BN3. The normalized spacial score (nSPS) is 15.0. The highest BCUT2D eigenvalue weighted by atomic mass is 15.2. The quantitative estimate of drug-likeness (QED) is 0.147. The van der Waals surface area contributed by atoms with Crippen LogP contribution in [0.15, 0.2) is 200 Å². The molecule has 9 aromatic carbocycles. The summed E-state index contributed by atoms with van der Waals surface area (Å²) >= 11 is 0. The minimum atomic E-state index is -0.0643. The molecule has 9 aromatic rings. The molecule has 2 aliphatic heterocycles. The Kier molecular flexibility index (Phi) is 10.8. The first-order valence-electron chi connectivity index (χ1n) is 26.0. The van der Waals surface area contributed by atoms with Crippen molar-refractivity contribution in [2.45, 2.75) is 91.4 Å². The largest absolute Gasteiger partial charge is 0.311 e. The van der Waals surface area contributed by atoms with Crippen LogP contribution in [-0.4, -0.2) is 6.71 Å². The van der Waals surface area contributed by atoms with Crippen molar-refractivity contribution in [2.75, 3.05) is 14.7 Å². The monoisotopic (exact) mass is 934 g/mol. The molecule has 0 saturated heterocycles. The summed E-state index contributed by atoms with van der Waals surface area (Å²) in [4.78, 5) is 7.69. The zero-order valence-electron chi connectivity index (χ0n) is 43.4. The smallest absolute Gasteiger partial charge is 0.252 e. The van der Waals surface area contributed by atoms with Crippen molar-refractivity contribution < 1.29 is 0 Å². The van der Waals surface area contributed by atoms with Gasteiger partial charge < -0.3 is 14.7 Å². The second kappa shape index (κ2) is 17.1. The first kappa shape index (κ1) is 45.6. The molecule has 354 valence electrons. The predicted molar refractivity (Wildman–Crippen MR) is 309 cm³/mol. The lowest BCUT2D eigenvalue weighted by Gasteiger charge is -2.48. The summed E-state index contributed by atoms with van der Waals surface area (Å²) in [5.41, 5.74) is 26.3. The van der Waals surface area contributed by atoms with E-state index in [0.29, 0.717) is 0 Å². The third kappa shape index (κ3) is 7.57. The molecule has 1 aliphatic carbocycles. The Morgan fingerprint density at radius 2 is 0.944 bits per heavy atom. The fraction of sp³-hybridized carbons (Fsp3) is 0.206. The van der Waals surface area contributed by atoms with Crippen molar-refractivity contribution in [1.82, 2.24) is 0 Å². The van der Waals surface area contributed by atoms with Gasteiger partial charge in [0.15, 0.2) is 0 Å². The number of fused-ring (bicyclic) bond motifs is 5. The number of nitrogens with zero attached hydrogens (tertiary/aromatic N) is 3. The van der Waals surface area contributed by atoms with E-state index in [1.807, 2.05) is 0 Å². The molecule has 3 aliphatic rings. The van der Waals surface area contributed by atoms with E-state index in [1.54, 1.807) is 0 Å². The van der Waals surface area contributed by atoms with Crippen LogP contribution in [0, 0.1) is 13.8 Å². The van der Waals surface area contributed by atoms with E-state index in [-0.39, 0.29) is 23.0 Å². The number of aryl methyl sites for hydroxylation is 2. The van der Waals surface area contributed by atoms with Crippen molar-refractivity contribution in [1.29, 1.82) is 0 Å². The van der Waals surface area contributed by atoms with E-state index >= 15 is 0 Å². The summed E-state index contributed by atoms with van der Waals surface area (Å²) in [5.74, 6) is 0. The molecule has 0 bridgehead atoms. The Bertz CT molecular complexity index is 3500. The van der Waals surface area contributed by atoms with Gasteiger partial charge in [0.25, 0.3) is 6.71 Å². The molecule has 0 spiro atoms. The van der Waals surface area contributed by atoms with Gasteiger partial charge in [0.2, 0.25) is 0 Å². The number of anilines is 9. The van der Waals surface area contributed by atoms with Crippen LogP contribution < -0.4 is 31.1 Å². The summed E-state index contributed by atoms with van der Waals surface area (Å²) in [6, 6.07) is 75.4. The molecule has 0 fully saturated rings. The second-order valence-electron chi connectivity index (χ2n) is 23.0.